The zero-order valence-corrected chi connectivity index (χ0v) is 15.2. The molecule has 136 valence electrons. The summed E-state index contributed by atoms with van der Waals surface area (Å²) in [5.41, 5.74) is 6.24. The van der Waals surface area contributed by atoms with E-state index in [-0.39, 0.29) is 11.5 Å². The first-order valence-corrected chi connectivity index (χ1v) is 8.43. The second-order valence-corrected chi connectivity index (χ2v) is 6.52. The van der Waals surface area contributed by atoms with Crippen LogP contribution in [0.4, 0.5) is 5.69 Å². The molecule has 0 saturated carbocycles. The Kier molecular flexibility index (Phi) is 6.36. The molecular weight excluding hydrogens is 354 g/mol. The lowest BCUT2D eigenvalue weighted by Gasteiger charge is -2.22. The molecule has 1 unspecified atom stereocenters. The van der Waals surface area contributed by atoms with Crippen LogP contribution in [0.25, 0.3) is 0 Å². The van der Waals surface area contributed by atoms with Gasteiger partial charge in [0.25, 0.3) is 5.91 Å². The summed E-state index contributed by atoms with van der Waals surface area (Å²) in [6.45, 7) is 3.63. The molecule has 4 N–H and O–H groups in total. The second kappa shape index (κ2) is 8.49. The highest BCUT2D eigenvalue weighted by molar-refractivity contribution is 6.33. The molecule has 7 heteroatoms. The summed E-state index contributed by atoms with van der Waals surface area (Å²) in [6, 6.07) is 12.1. The number of benzene rings is 2. The second-order valence-electron chi connectivity index (χ2n) is 6.11. The van der Waals surface area contributed by atoms with Gasteiger partial charge >= 0.3 is 0 Å². The molecule has 0 fully saturated rings. The number of rotatable bonds is 6. The van der Waals surface area contributed by atoms with E-state index in [1.165, 1.54) is 6.07 Å². The maximum absolute atomic E-state index is 12.6. The Balaban J connectivity index is 2.15. The van der Waals surface area contributed by atoms with Crippen molar-refractivity contribution in [2.75, 3.05) is 5.32 Å². The van der Waals surface area contributed by atoms with Crippen molar-refractivity contribution < 1.29 is 14.4 Å². The highest BCUT2D eigenvalue weighted by Gasteiger charge is 2.25. The van der Waals surface area contributed by atoms with Crippen LogP contribution >= 0.6 is 11.6 Å². The van der Waals surface area contributed by atoms with E-state index in [2.05, 4.69) is 10.6 Å². The number of hydrogen-bond acceptors (Lipinski definition) is 3. The topological polar surface area (TPSA) is 101 Å². The molecule has 2 rings (SSSR count). The minimum atomic E-state index is -0.781. The Labute approximate surface area is 156 Å². The van der Waals surface area contributed by atoms with Crippen LogP contribution < -0.4 is 16.4 Å². The van der Waals surface area contributed by atoms with Gasteiger partial charge in [-0.3, -0.25) is 14.4 Å². The monoisotopic (exact) mass is 373 g/mol. The highest BCUT2D eigenvalue weighted by atomic mass is 35.5. The summed E-state index contributed by atoms with van der Waals surface area (Å²) < 4.78 is 0. The van der Waals surface area contributed by atoms with Gasteiger partial charge in [-0.2, -0.15) is 0 Å². The van der Waals surface area contributed by atoms with Gasteiger partial charge in [-0.25, -0.2) is 0 Å². The van der Waals surface area contributed by atoms with E-state index >= 15 is 0 Å². The van der Waals surface area contributed by atoms with E-state index in [9.17, 15) is 14.4 Å². The van der Waals surface area contributed by atoms with Gasteiger partial charge in [-0.05, 0) is 36.2 Å². The smallest absolute Gasteiger partial charge is 0.253 e. The number of hydrogen-bond donors (Lipinski definition) is 3. The molecule has 1 atom stereocenters. The first-order valence-electron chi connectivity index (χ1n) is 8.05. The SMILES string of the molecule is CC(C)C(NC(=O)c1ccccc1Cl)C(=O)Nc1cccc(C(N)=O)c1. The minimum Gasteiger partial charge on any atom is -0.366 e. The van der Waals surface area contributed by atoms with Crippen molar-refractivity contribution in [2.24, 2.45) is 11.7 Å². The first-order chi connectivity index (χ1) is 12.3. The Morgan fingerprint density at radius 1 is 1.04 bits per heavy atom. The molecule has 0 bridgehead atoms. The van der Waals surface area contributed by atoms with Crippen LogP contribution in [0, 0.1) is 5.92 Å². The fourth-order valence-corrected chi connectivity index (χ4v) is 2.59. The van der Waals surface area contributed by atoms with Crippen molar-refractivity contribution in [2.45, 2.75) is 19.9 Å². The van der Waals surface area contributed by atoms with Gasteiger partial charge in [0.15, 0.2) is 0 Å². The van der Waals surface area contributed by atoms with Crippen molar-refractivity contribution in [1.82, 2.24) is 5.32 Å². The molecule has 0 aliphatic carbocycles. The van der Waals surface area contributed by atoms with E-state index in [1.54, 1.807) is 42.5 Å². The van der Waals surface area contributed by atoms with Crippen LogP contribution in [0.5, 0.6) is 0 Å². The highest BCUT2D eigenvalue weighted by Crippen LogP contribution is 2.16. The van der Waals surface area contributed by atoms with E-state index < -0.39 is 23.8 Å². The molecule has 0 aromatic heterocycles. The third-order valence-electron chi connectivity index (χ3n) is 3.77. The number of nitrogens with two attached hydrogens (primary N) is 1. The Hall–Kier alpha value is -2.86. The predicted molar refractivity (Wildman–Crippen MR) is 101 cm³/mol. The standard InChI is InChI=1S/C19H20ClN3O3/c1-11(2)16(23-18(25)14-8-3-4-9-15(14)20)19(26)22-13-7-5-6-12(10-13)17(21)24/h3-11,16H,1-2H3,(H2,21,24)(H,22,26)(H,23,25). The fourth-order valence-electron chi connectivity index (χ4n) is 2.37. The number of anilines is 1. The summed E-state index contributed by atoms with van der Waals surface area (Å²) in [4.78, 5) is 36.3. The summed E-state index contributed by atoms with van der Waals surface area (Å²) >= 11 is 6.03. The van der Waals surface area contributed by atoms with Crippen molar-refractivity contribution in [1.29, 1.82) is 0 Å². The molecule has 2 aromatic rings. The Bertz CT molecular complexity index is 836. The van der Waals surface area contributed by atoms with Crippen LogP contribution in [-0.2, 0) is 4.79 Å². The molecule has 0 aliphatic heterocycles. The molecule has 6 nitrogen and oxygen atoms in total. The number of nitrogens with one attached hydrogen (secondary N) is 2. The lowest BCUT2D eigenvalue weighted by molar-refractivity contribution is -0.118. The Morgan fingerprint density at radius 3 is 2.35 bits per heavy atom. The molecule has 0 saturated heterocycles. The zero-order valence-electron chi connectivity index (χ0n) is 14.5. The van der Waals surface area contributed by atoms with Gasteiger partial charge in [-0.1, -0.05) is 43.6 Å². The third-order valence-corrected chi connectivity index (χ3v) is 4.10. The maximum atomic E-state index is 12.6. The molecule has 0 spiro atoms. The lowest BCUT2D eigenvalue weighted by atomic mass is 10.0. The molecular formula is C19H20ClN3O3. The normalized spacial score (nSPS) is 11.7. The number of halogens is 1. The van der Waals surface area contributed by atoms with E-state index in [0.717, 1.165) is 0 Å². The number of carbonyl (C=O) groups excluding carboxylic acids is 3. The lowest BCUT2D eigenvalue weighted by Crippen LogP contribution is -2.47. The average Bonchev–Trinajstić information content (AvgIpc) is 2.59. The molecule has 0 heterocycles. The largest absolute Gasteiger partial charge is 0.366 e. The van der Waals surface area contributed by atoms with E-state index in [1.807, 2.05) is 13.8 Å². The Morgan fingerprint density at radius 2 is 1.73 bits per heavy atom. The quantitative estimate of drug-likeness (QED) is 0.725. The average molecular weight is 374 g/mol. The van der Waals surface area contributed by atoms with Crippen LogP contribution in [0.1, 0.15) is 34.6 Å². The number of carbonyl (C=O) groups is 3. The molecule has 26 heavy (non-hydrogen) atoms. The first kappa shape index (κ1) is 19.5. The molecule has 3 amide bonds. The van der Waals surface area contributed by atoms with Crippen LogP contribution in [-0.4, -0.2) is 23.8 Å². The van der Waals surface area contributed by atoms with Crippen LogP contribution in [0.3, 0.4) is 0 Å². The van der Waals surface area contributed by atoms with Gasteiger partial charge in [0.2, 0.25) is 11.8 Å². The predicted octanol–water partition coefficient (Wildman–Crippen LogP) is 2.83. The van der Waals surface area contributed by atoms with Crippen molar-refractivity contribution >= 4 is 35.0 Å². The number of primary amides is 1. The minimum absolute atomic E-state index is 0.166. The van der Waals surface area contributed by atoms with Gasteiger partial charge in [0, 0.05) is 11.3 Å². The van der Waals surface area contributed by atoms with Crippen molar-refractivity contribution in [3.63, 3.8) is 0 Å². The van der Waals surface area contributed by atoms with Crippen molar-refractivity contribution in [3.05, 3.63) is 64.7 Å². The van der Waals surface area contributed by atoms with Gasteiger partial charge in [0.05, 0.1) is 10.6 Å². The van der Waals surface area contributed by atoms with Crippen LogP contribution in [0.15, 0.2) is 48.5 Å². The number of amides is 3. The van der Waals surface area contributed by atoms with Crippen molar-refractivity contribution in [3.8, 4) is 0 Å². The van der Waals surface area contributed by atoms with E-state index in [4.69, 9.17) is 17.3 Å². The summed E-state index contributed by atoms with van der Waals surface area (Å²) in [6.07, 6.45) is 0. The van der Waals surface area contributed by atoms with Crippen LogP contribution in [0.2, 0.25) is 5.02 Å². The zero-order chi connectivity index (χ0) is 19.3. The summed E-state index contributed by atoms with van der Waals surface area (Å²) in [5.74, 6) is -1.59. The van der Waals surface area contributed by atoms with Gasteiger partial charge in [-0.15, -0.1) is 0 Å². The van der Waals surface area contributed by atoms with Gasteiger partial charge < -0.3 is 16.4 Å². The van der Waals surface area contributed by atoms with Gasteiger partial charge in [0.1, 0.15) is 6.04 Å². The fraction of sp³-hybridized carbons (Fsp3) is 0.211. The molecule has 0 radical (unpaired) electrons. The summed E-state index contributed by atoms with van der Waals surface area (Å²) in [7, 11) is 0. The van der Waals surface area contributed by atoms with E-state index in [0.29, 0.717) is 16.3 Å². The maximum Gasteiger partial charge on any atom is 0.253 e. The third kappa shape index (κ3) is 4.83. The molecule has 2 aromatic carbocycles. The summed E-state index contributed by atoms with van der Waals surface area (Å²) in [5, 5.41) is 5.71. The molecule has 0 aliphatic rings.